The van der Waals surface area contributed by atoms with E-state index in [1.54, 1.807) is 36.4 Å². The molecule has 0 bridgehead atoms. The van der Waals surface area contributed by atoms with Gasteiger partial charge in [0.15, 0.2) is 5.78 Å². The van der Waals surface area contributed by atoms with E-state index in [2.05, 4.69) is 33.1 Å². The van der Waals surface area contributed by atoms with E-state index in [1.807, 2.05) is 0 Å². The zero-order valence-electron chi connectivity index (χ0n) is 12.3. The molecular weight excluding hydrogens is 394 g/mol. The minimum absolute atomic E-state index is 0.0476. The number of hydrogen-bond acceptors (Lipinski definition) is 3. The molecule has 24 heavy (non-hydrogen) atoms. The SMILES string of the molecule is O=C(C#CC(=O)Nc1ccc(Cl)cc1C(=O)c1ccccc1)CBr. The molecule has 0 unspecified atom stereocenters. The molecule has 2 aromatic carbocycles. The number of benzene rings is 2. The van der Waals surface area contributed by atoms with Crippen LogP contribution in [0.2, 0.25) is 5.02 Å². The predicted octanol–water partition coefficient (Wildman–Crippen LogP) is 3.48. The molecule has 120 valence electrons. The Kier molecular flexibility index (Phi) is 6.30. The second-order valence-corrected chi connectivity index (χ2v) is 5.64. The van der Waals surface area contributed by atoms with Crippen molar-refractivity contribution in [3.8, 4) is 11.8 Å². The van der Waals surface area contributed by atoms with E-state index in [0.29, 0.717) is 10.6 Å². The van der Waals surface area contributed by atoms with Gasteiger partial charge in [0.05, 0.1) is 11.0 Å². The zero-order valence-corrected chi connectivity index (χ0v) is 14.6. The van der Waals surface area contributed by atoms with Crippen molar-refractivity contribution in [1.29, 1.82) is 0 Å². The monoisotopic (exact) mass is 403 g/mol. The summed E-state index contributed by atoms with van der Waals surface area (Å²) in [5.74, 6) is 2.98. The quantitative estimate of drug-likeness (QED) is 0.367. The van der Waals surface area contributed by atoms with E-state index in [4.69, 9.17) is 11.6 Å². The van der Waals surface area contributed by atoms with Crippen LogP contribution in [0.1, 0.15) is 15.9 Å². The van der Waals surface area contributed by atoms with Crippen molar-refractivity contribution in [3.63, 3.8) is 0 Å². The topological polar surface area (TPSA) is 63.2 Å². The Labute approximate surface area is 152 Å². The number of nitrogens with one attached hydrogen (secondary N) is 1. The van der Waals surface area contributed by atoms with E-state index in [9.17, 15) is 14.4 Å². The molecule has 0 radical (unpaired) electrons. The standard InChI is InChI=1S/C18H11BrClNO3/c19-11-14(22)7-9-17(23)21-16-8-6-13(20)10-15(16)18(24)12-4-2-1-3-5-12/h1-6,8,10H,11H2,(H,21,23). The third kappa shape index (κ3) is 4.79. The summed E-state index contributed by atoms with van der Waals surface area (Å²) < 4.78 is 0. The second-order valence-electron chi connectivity index (χ2n) is 4.65. The van der Waals surface area contributed by atoms with Crippen molar-refractivity contribution in [2.45, 2.75) is 0 Å². The van der Waals surface area contributed by atoms with Gasteiger partial charge < -0.3 is 5.32 Å². The number of anilines is 1. The summed E-state index contributed by atoms with van der Waals surface area (Å²) in [6.45, 7) is 0. The Morgan fingerprint density at radius 3 is 2.42 bits per heavy atom. The Morgan fingerprint density at radius 1 is 1.04 bits per heavy atom. The maximum absolute atomic E-state index is 12.6. The lowest BCUT2D eigenvalue weighted by Gasteiger charge is -2.09. The Balaban J connectivity index is 2.31. The van der Waals surface area contributed by atoms with Crippen molar-refractivity contribution in [3.05, 3.63) is 64.7 Å². The van der Waals surface area contributed by atoms with Crippen LogP contribution >= 0.6 is 27.5 Å². The van der Waals surface area contributed by atoms with Crippen LogP contribution in [-0.2, 0) is 9.59 Å². The molecular formula is C18H11BrClNO3. The summed E-state index contributed by atoms with van der Waals surface area (Å²) in [6, 6.07) is 13.2. The van der Waals surface area contributed by atoms with E-state index < -0.39 is 11.7 Å². The van der Waals surface area contributed by atoms with Crippen LogP contribution in [0.25, 0.3) is 0 Å². The minimum Gasteiger partial charge on any atom is -0.314 e. The average Bonchev–Trinajstić information content (AvgIpc) is 2.61. The number of halogens is 2. The van der Waals surface area contributed by atoms with Crippen molar-refractivity contribution in [2.75, 3.05) is 10.6 Å². The molecule has 0 heterocycles. The number of alkyl halides is 1. The number of rotatable bonds is 4. The van der Waals surface area contributed by atoms with Gasteiger partial charge in [-0.3, -0.25) is 14.4 Å². The smallest absolute Gasteiger partial charge is 0.300 e. The van der Waals surface area contributed by atoms with Crippen LogP contribution in [0.15, 0.2) is 48.5 Å². The van der Waals surface area contributed by atoms with Crippen molar-refractivity contribution in [2.24, 2.45) is 0 Å². The van der Waals surface area contributed by atoms with Gasteiger partial charge in [0.2, 0.25) is 5.78 Å². The van der Waals surface area contributed by atoms with Crippen LogP contribution in [-0.4, -0.2) is 22.8 Å². The number of hydrogen-bond donors (Lipinski definition) is 1. The molecule has 0 spiro atoms. The van der Waals surface area contributed by atoms with E-state index in [-0.39, 0.29) is 22.4 Å². The van der Waals surface area contributed by atoms with Crippen LogP contribution in [0.5, 0.6) is 0 Å². The summed E-state index contributed by atoms with van der Waals surface area (Å²) in [5.41, 5.74) is 0.991. The zero-order chi connectivity index (χ0) is 17.5. The molecule has 1 amide bonds. The maximum atomic E-state index is 12.6. The van der Waals surface area contributed by atoms with Crippen molar-refractivity contribution >= 4 is 50.7 Å². The molecule has 6 heteroatoms. The molecule has 0 saturated carbocycles. The fourth-order valence-electron chi connectivity index (χ4n) is 1.87. The highest BCUT2D eigenvalue weighted by atomic mass is 79.9. The first-order valence-electron chi connectivity index (χ1n) is 6.82. The van der Waals surface area contributed by atoms with Gasteiger partial charge in [0, 0.05) is 22.1 Å². The highest BCUT2D eigenvalue weighted by molar-refractivity contribution is 9.09. The second kappa shape index (κ2) is 8.44. The predicted molar refractivity (Wildman–Crippen MR) is 96.5 cm³/mol. The van der Waals surface area contributed by atoms with Gasteiger partial charge in [-0.1, -0.05) is 57.9 Å². The Morgan fingerprint density at radius 2 is 1.75 bits per heavy atom. The Hall–Kier alpha value is -2.42. The summed E-state index contributed by atoms with van der Waals surface area (Å²) in [7, 11) is 0. The third-order valence-electron chi connectivity index (χ3n) is 2.95. The molecule has 1 N–H and O–H groups in total. The first kappa shape index (κ1) is 17.9. The van der Waals surface area contributed by atoms with Gasteiger partial charge in [-0.25, -0.2) is 0 Å². The fraction of sp³-hybridized carbons (Fsp3) is 0.0556. The third-order valence-corrected chi connectivity index (χ3v) is 3.69. The molecule has 0 saturated heterocycles. The normalized spacial score (nSPS) is 9.58. The lowest BCUT2D eigenvalue weighted by molar-refractivity contribution is -0.113. The highest BCUT2D eigenvalue weighted by Gasteiger charge is 2.15. The minimum atomic E-state index is -0.686. The summed E-state index contributed by atoms with van der Waals surface area (Å²) >= 11 is 8.92. The molecule has 0 aliphatic heterocycles. The molecule has 0 atom stereocenters. The van der Waals surface area contributed by atoms with E-state index >= 15 is 0 Å². The highest BCUT2D eigenvalue weighted by Crippen LogP contribution is 2.23. The van der Waals surface area contributed by atoms with E-state index in [0.717, 1.165) is 0 Å². The Bertz CT molecular complexity index is 854. The lowest BCUT2D eigenvalue weighted by atomic mass is 10.0. The van der Waals surface area contributed by atoms with Crippen LogP contribution in [0, 0.1) is 11.8 Å². The fourth-order valence-corrected chi connectivity index (χ4v) is 2.18. The van der Waals surface area contributed by atoms with Gasteiger partial charge in [-0.15, -0.1) is 0 Å². The molecule has 2 aromatic rings. The summed E-state index contributed by atoms with van der Waals surface area (Å²) in [6.07, 6.45) is 0. The number of carbonyl (C=O) groups is 3. The van der Waals surface area contributed by atoms with Crippen molar-refractivity contribution < 1.29 is 14.4 Å². The molecule has 2 rings (SSSR count). The number of amides is 1. The molecule has 0 fully saturated rings. The molecule has 0 aromatic heterocycles. The van der Waals surface area contributed by atoms with Gasteiger partial charge in [0.1, 0.15) is 0 Å². The van der Waals surface area contributed by atoms with Crippen LogP contribution in [0.3, 0.4) is 0 Å². The number of Topliss-reactive ketones (excluding diaryl/α,β-unsaturated/α-hetero) is 1. The van der Waals surface area contributed by atoms with Gasteiger partial charge in [-0.2, -0.15) is 0 Å². The van der Waals surface area contributed by atoms with Gasteiger partial charge in [-0.05, 0) is 24.1 Å². The molecule has 4 nitrogen and oxygen atoms in total. The largest absolute Gasteiger partial charge is 0.314 e. The van der Waals surface area contributed by atoms with Crippen LogP contribution < -0.4 is 5.32 Å². The lowest BCUT2D eigenvalue weighted by Crippen LogP contribution is -2.13. The van der Waals surface area contributed by atoms with Crippen molar-refractivity contribution in [1.82, 2.24) is 0 Å². The van der Waals surface area contributed by atoms with E-state index in [1.165, 1.54) is 12.1 Å². The summed E-state index contributed by atoms with van der Waals surface area (Å²) in [4.78, 5) is 35.5. The first-order valence-corrected chi connectivity index (χ1v) is 8.32. The van der Waals surface area contributed by atoms with Gasteiger partial charge >= 0.3 is 5.91 Å². The number of carbonyl (C=O) groups excluding carboxylic acids is 3. The average molecular weight is 405 g/mol. The summed E-state index contributed by atoms with van der Waals surface area (Å²) in [5, 5.41) is 2.92. The van der Waals surface area contributed by atoms with Crippen LogP contribution in [0.4, 0.5) is 5.69 Å². The maximum Gasteiger partial charge on any atom is 0.300 e. The molecule has 0 aliphatic carbocycles. The molecule has 0 aliphatic rings. The number of ketones is 2. The first-order chi connectivity index (χ1) is 11.5. The van der Waals surface area contributed by atoms with Gasteiger partial charge in [0.25, 0.3) is 0 Å².